The van der Waals surface area contributed by atoms with Crippen LogP contribution in [0.1, 0.15) is 0 Å². The Kier molecular flexibility index (Phi) is 111. The van der Waals surface area contributed by atoms with Crippen LogP contribution in [0, 0.1) is 0 Å². The van der Waals surface area contributed by atoms with Crippen LogP contribution >= 0.6 is 0 Å². The Morgan fingerprint density at radius 3 is 1.00 bits per heavy atom. The Hall–Kier alpha value is 3.18. The first-order valence-corrected chi connectivity index (χ1v) is 0. The van der Waals surface area contributed by atoms with Gasteiger partial charge in [-0.15, -0.1) is 0 Å². The number of rotatable bonds is 0. The van der Waals surface area contributed by atoms with E-state index in [9.17, 15) is 0 Å². The van der Waals surface area contributed by atoms with Gasteiger partial charge in [-0.05, 0) is 0 Å². The van der Waals surface area contributed by atoms with Gasteiger partial charge in [0.2, 0.25) is 0 Å². The third-order valence-corrected chi connectivity index (χ3v) is 0. The van der Waals surface area contributed by atoms with Crippen LogP contribution in [-0.2, 0) is 60.3 Å². The van der Waals surface area contributed by atoms with E-state index >= 15 is 0 Å². The second kappa shape index (κ2) is 16.4. The third-order valence-electron chi connectivity index (χ3n) is 0. The second-order valence-corrected chi connectivity index (χ2v) is 0. The van der Waals surface area contributed by atoms with Gasteiger partial charge in [-0.1, -0.05) is 0 Å². The van der Waals surface area contributed by atoms with Crippen molar-refractivity contribution in [3.05, 3.63) is 0 Å². The van der Waals surface area contributed by atoms with Crippen molar-refractivity contribution < 1.29 is 60.3 Å². The zero-order valence-corrected chi connectivity index (χ0v) is 8.68. The van der Waals surface area contributed by atoms with E-state index < -0.39 is 0 Å². The molecule has 0 unspecified atom stereocenters. The smallest absolute Gasteiger partial charge is 0 e. The van der Waals surface area contributed by atoms with Crippen molar-refractivity contribution in [1.82, 2.24) is 0 Å². The van der Waals surface area contributed by atoms with Gasteiger partial charge in [0.15, 0.2) is 0 Å². The summed E-state index contributed by atoms with van der Waals surface area (Å²) in [5.74, 6) is 0. The molecule has 24 valence electrons. The Labute approximate surface area is 95.9 Å². The standard InChI is InChI=1S/Ca.Cu.Mn.Zr. The molecule has 4 radical (unpaired) electrons. The molecule has 0 fully saturated rings. The van der Waals surface area contributed by atoms with Crippen molar-refractivity contribution in [3.63, 3.8) is 0 Å². The minimum absolute atomic E-state index is 0. The van der Waals surface area contributed by atoms with Crippen molar-refractivity contribution in [2.45, 2.75) is 0 Å². The van der Waals surface area contributed by atoms with Crippen molar-refractivity contribution in [3.8, 4) is 0 Å². The molecule has 0 nitrogen and oxygen atoms in total. The quantitative estimate of drug-likeness (QED) is 0.513. The molecule has 0 aliphatic carbocycles. The molecule has 0 saturated carbocycles. The molecule has 0 spiro atoms. The van der Waals surface area contributed by atoms with Crippen molar-refractivity contribution in [2.24, 2.45) is 0 Å². The zero-order valence-electron chi connectivity index (χ0n) is 1.89. The average molecular weight is 250 g/mol. The summed E-state index contributed by atoms with van der Waals surface area (Å²) in [5, 5.41) is 0. The molecule has 0 saturated heterocycles. The van der Waals surface area contributed by atoms with Gasteiger partial charge in [0.25, 0.3) is 0 Å². The van der Waals surface area contributed by atoms with E-state index in [-0.39, 0.29) is 98.1 Å². The van der Waals surface area contributed by atoms with Crippen molar-refractivity contribution in [2.75, 3.05) is 0 Å². The first-order chi connectivity index (χ1) is 0. The zero-order chi connectivity index (χ0) is 0. The minimum Gasteiger partial charge on any atom is 0 e. The maximum absolute atomic E-state index is 0. The van der Waals surface area contributed by atoms with Crippen LogP contribution in [0.4, 0.5) is 0 Å². The SMILES string of the molecule is [Ca].[Cu].[Mn].[Zr]. The van der Waals surface area contributed by atoms with Crippen LogP contribution in [0.3, 0.4) is 0 Å². The van der Waals surface area contributed by atoms with Crippen LogP contribution in [-0.4, -0.2) is 37.7 Å². The van der Waals surface area contributed by atoms with Crippen molar-refractivity contribution >= 4 is 37.7 Å². The second-order valence-electron chi connectivity index (χ2n) is 0. The van der Waals surface area contributed by atoms with Gasteiger partial charge in [-0.3, -0.25) is 0 Å². The van der Waals surface area contributed by atoms with Crippen LogP contribution in [0.5, 0.6) is 0 Å². The summed E-state index contributed by atoms with van der Waals surface area (Å²) in [6, 6.07) is 0. The van der Waals surface area contributed by atoms with E-state index in [0.29, 0.717) is 0 Å². The van der Waals surface area contributed by atoms with E-state index in [2.05, 4.69) is 0 Å². The fourth-order valence-electron chi connectivity index (χ4n) is 0. The first-order valence-electron chi connectivity index (χ1n) is 0. The molecule has 0 aromatic carbocycles. The fourth-order valence-corrected chi connectivity index (χ4v) is 0. The molecular formula is CaCuMnZr. The molecule has 0 aliphatic rings. The van der Waals surface area contributed by atoms with Gasteiger partial charge in [0, 0.05) is 98.1 Å². The van der Waals surface area contributed by atoms with E-state index in [4.69, 9.17) is 0 Å². The Bertz CT molecular complexity index is 8.00. The predicted octanol–water partition coefficient (Wildman–Crippen LogP) is -0.388. The molecule has 0 aromatic heterocycles. The molecule has 4 heavy (non-hydrogen) atoms. The van der Waals surface area contributed by atoms with E-state index in [0.717, 1.165) is 0 Å². The summed E-state index contributed by atoms with van der Waals surface area (Å²) in [7, 11) is 0. The maximum Gasteiger partial charge on any atom is 0 e. The summed E-state index contributed by atoms with van der Waals surface area (Å²) < 4.78 is 0. The summed E-state index contributed by atoms with van der Waals surface area (Å²) in [5.41, 5.74) is 0. The monoisotopic (exact) mass is 248 g/mol. The van der Waals surface area contributed by atoms with Gasteiger partial charge in [0.05, 0.1) is 0 Å². The predicted molar refractivity (Wildman–Crippen MR) is 5.75 cm³/mol. The Balaban J connectivity index is 0. The summed E-state index contributed by atoms with van der Waals surface area (Å²) in [4.78, 5) is 0. The normalized spacial score (nSPS) is 0. The molecule has 0 N–H and O–H groups in total. The fraction of sp³-hybridized carbons (Fsp3) is 0. The number of hydrogen-bond donors (Lipinski definition) is 0. The van der Waals surface area contributed by atoms with E-state index in [1.165, 1.54) is 0 Å². The molecule has 0 aromatic rings. The van der Waals surface area contributed by atoms with Gasteiger partial charge >= 0.3 is 0 Å². The van der Waals surface area contributed by atoms with Crippen LogP contribution in [0.15, 0.2) is 0 Å². The molecule has 0 rings (SSSR count). The van der Waals surface area contributed by atoms with E-state index in [1.807, 2.05) is 0 Å². The molecule has 0 atom stereocenters. The summed E-state index contributed by atoms with van der Waals surface area (Å²) >= 11 is 0. The average Bonchev–Trinajstić information content (AvgIpc) is 0. The number of hydrogen-bond acceptors (Lipinski definition) is 0. The van der Waals surface area contributed by atoms with E-state index in [1.54, 1.807) is 0 Å². The summed E-state index contributed by atoms with van der Waals surface area (Å²) in [6.07, 6.45) is 0. The van der Waals surface area contributed by atoms with Gasteiger partial charge in [-0.25, -0.2) is 0 Å². The third kappa shape index (κ3) is 8.95. The van der Waals surface area contributed by atoms with Crippen LogP contribution in [0.2, 0.25) is 0 Å². The Morgan fingerprint density at radius 1 is 1.00 bits per heavy atom. The van der Waals surface area contributed by atoms with Crippen LogP contribution < -0.4 is 0 Å². The summed E-state index contributed by atoms with van der Waals surface area (Å²) in [6.45, 7) is 0. The molecule has 4 heteroatoms. The van der Waals surface area contributed by atoms with Gasteiger partial charge in [0.1, 0.15) is 0 Å². The molecule has 0 aliphatic heterocycles. The molecule has 0 amide bonds. The van der Waals surface area contributed by atoms with Gasteiger partial charge < -0.3 is 0 Å². The Morgan fingerprint density at radius 2 is 1.00 bits per heavy atom. The molecule has 0 bridgehead atoms. The topological polar surface area (TPSA) is 0 Å². The van der Waals surface area contributed by atoms with Crippen LogP contribution in [0.25, 0.3) is 0 Å². The largest absolute Gasteiger partial charge is 0 e. The van der Waals surface area contributed by atoms with Crippen molar-refractivity contribution in [1.29, 1.82) is 0 Å². The van der Waals surface area contributed by atoms with Gasteiger partial charge in [-0.2, -0.15) is 0 Å². The molecule has 0 heterocycles. The maximum atomic E-state index is 0. The first kappa shape index (κ1) is 27.1. The minimum atomic E-state index is 0. The molecular weight excluding hydrogens is 250 g/mol.